The Labute approximate surface area is 176 Å². The predicted octanol–water partition coefficient (Wildman–Crippen LogP) is 4.09. The summed E-state index contributed by atoms with van der Waals surface area (Å²) in [6, 6.07) is 19.4. The summed E-state index contributed by atoms with van der Waals surface area (Å²) < 4.78 is 5.57. The van der Waals surface area contributed by atoms with Gasteiger partial charge in [0.25, 0.3) is 5.22 Å². The summed E-state index contributed by atoms with van der Waals surface area (Å²) in [5, 5.41) is 11.0. The molecule has 2 aromatic carbocycles. The fourth-order valence-corrected chi connectivity index (χ4v) is 3.29. The van der Waals surface area contributed by atoms with Crippen LogP contribution in [-0.4, -0.2) is 32.6 Å². The van der Waals surface area contributed by atoms with Gasteiger partial charge in [-0.1, -0.05) is 54.2 Å². The average Bonchev–Trinajstić information content (AvgIpc) is 3.28. The highest BCUT2D eigenvalue weighted by atomic mass is 32.2. The number of carbonyl (C=O) groups excluding carboxylic acids is 2. The first-order valence-electron chi connectivity index (χ1n) is 9.06. The molecule has 1 N–H and O–H groups in total. The van der Waals surface area contributed by atoms with Crippen LogP contribution in [0.15, 0.2) is 88.8 Å². The Kier molecular flexibility index (Phi) is 5.95. The van der Waals surface area contributed by atoms with Crippen LogP contribution in [0, 0.1) is 0 Å². The van der Waals surface area contributed by atoms with Gasteiger partial charge in [-0.05, 0) is 24.3 Å². The van der Waals surface area contributed by atoms with Crippen molar-refractivity contribution in [1.29, 1.82) is 0 Å². The van der Waals surface area contributed by atoms with Crippen molar-refractivity contribution in [2.75, 3.05) is 11.1 Å². The number of hydrogen-bond donors (Lipinski definition) is 1. The molecule has 0 saturated heterocycles. The minimum absolute atomic E-state index is 0.0613. The van der Waals surface area contributed by atoms with Crippen molar-refractivity contribution < 1.29 is 14.0 Å². The first-order chi connectivity index (χ1) is 14.7. The normalized spacial score (nSPS) is 10.5. The summed E-state index contributed by atoms with van der Waals surface area (Å²) >= 11 is 1.12. The quantitative estimate of drug-likeness (QED) is 0.358. The maximum atomic E-state index is 12.8. The molecule has 8 heteroatoms. The van der Waals surface area contributed by atoms with E-state index < -0.39 is 0 Å². The van der Waals surface area contributed by atoms with Gasteiger partial charge in [0, 0.05) is 29.1 Å². The molecule has 4 aromatic rings. The Morgan fingerprint density at radius 2 is 1.63 bits per heavy atom. The number of pyridine rings is 1. The number of para-hydroxylation sites is 1. The molecule has 0 atom stereocenters. The van der Waals surface area contributed by atoms with Crippen molar-refractivity contribution in [3.8, 4) is 11.5 Å². The Morgan fingerprint density at radius 3 is 2.43 bits per heavy atom. The third kappa shape index (κ3) is 4.61. The van der Waals surface area contributed by atoms with E-state index in [4.69, 9.17) is 4.42 Å². The average molecular weight is 416 g/mol. The number of aromatic nitrogens is 3. The van der Waals surface area contributed by atoms with Crippen LogP contribution in [0.1, 0.15) is 15.9 Å². The number of benzene rings is 2. The molecule has 0 spiro atoms. The lowest BCUT2D eigenvalue weighted by Crippen LogP contribution is -2.17. The van der Waals surface area contributed by atoms with E-state index in [0.717, 1.165) is 17.3 Å². The summed E-state index contributed by atoms with van der Waals surface area (Å²) in [5.74, 6) is -0.0135. The van der Waals surface area contributed by atoms with Gasteiger partial charge in [-0.15, -0.1) is 10.2 Å². The lowest BCUT2D eigenvalue weighted by Gasteiger charge is -2.10. The summed E-state index contributed by atoms with van der Waals surface area (Å²) in [6.07, 6.45) is 3.27. The lowest BCUT2D eigenvalue weighted by molar-refractivity contribution is -0.113. The molecule has 0 fully saturated rings. The number of thioether (sulfide) groups is 1. The van der Waals surface area contributed by atoms with Gasteiger partial charge in [-0.25, -0.2) is 0 Å². The van der Waals surface area contributed by atoms with Crippen molar-refractivity contribution in [2.45, 2.75) is 5.22 Å². The number of ketones is 1. The summed E-state index contributed by atoms with van der Waals surface area (Å²) in [6.45, 7) is 0. The van der Waals surface area contributed by atoms with E-state index in [0.29, 0.717) is 22.7 Å². The fraction of sp³-hybridized carbons (Fsp3) is 0.0455. The molecule has 30 heavy (non-hydrogen) atoms. The second kappa shape index (κ2) is 9.15. The first-order valence-corrected chi connectivity index (χ1v) is 10.0. The van der Waals surface area contributed by atoms with Crippen LogP contribution < -0.4 is 5.32 Å². The molecule has 0 unspecified atom stereocenters. The monoisotopic (exact) mass is 416 g/mol. The molecule has 0 aliphatic carbocycles. The van der Waals surface area contributed by atoms with Crippen molar-refractivity contribution in [3.63, 3.8) is 0 Å². The minimum atomic E-state index is -0.281. The van der Waals surface area contributed by atoms with E-state index in [-0.39, 0.29) is 22.7 Å². The molecule has 2 heterocycles. The molecule has 7 nitrogen and oxygen atoms in total. The molecule has 0 aliphatic heterocycles. The second-order valence-electron chi connectivity index (χ2n) is 6.19. The van der Waals surface area contributed by atoms with Crippen LogP contribution in [-0.2, 0) is 4.79 Å². The van der Waals surface area contributed by atoms with Crippen LogP contribution in [0.25, 0.3) is 11.5 Å². The molecule has 1 amide bonds. The first kappa shape index (κ1) is 19.5. The molecule has 0 radical (unpaired) electrons. The van der Waals surface area contributed by atoms with Gasteiger partial charge in [-0.3, -0.25) is 14.6 Å². The van der Waals surface area contributed by atoms with Gasteiger partial charge < -0.3 is 9.73 Å². The van der Waals surface area contributed by atoms with E-state index in [1.807, 2.05) is 6.07 Å². The number of hydrogen-bond acceptors (Lipinski definition) is 7. The van der Waals surface area contributed by atoms with Gasteiger partial charge in [0.1, 0.15) is 0 Å². The van der Waals surface area contributed by atoms with Crippen LogP contribution in [0.2, 0.25) is 0 Å². The Morgan fingerprint density at radius 1 is 0.900 bits per heavy atom. The van der Waals surface area contributed by atoms with Gasteiger partial charge in [0.05, 0.1) is 11.4 Å². The smallest absolute Gasteiger partial charge is 0.277 e. The highest BCUT2D eigenvalue weighted by molar-refractivity contribution is 7.99. The van der Waals surface area contributed by atoms with E-state index >= 15 is 0 Å². The predicted molar refractivity (Wildman–Crippen MR) is 113 cm³/mol. The Hall–Kier alpha value is -3.78. The molecule has 0 bridgehead atoms. The van der Waals surface area contributed by atoms with Crippen molar-refractivity contribution >= 4 is 29.1 Å². The molecule has 0 aliphatic rings. The third-order valence-corrected chi connectivity index (χ3v) is 4.96. The third-order valence-electron chi connectivity index (χ3n) is 4.14. The van der Waals surface area contributed by atoms with Crippen molar-refractivity contribution in [2.24, 2.45) is 0 Å². The molecule has 4 rings (SSSR count). The molecule has 2 aromatic heterocycles. The van der Waals surface area contributed by atoms with Crippen LogP contribution >= 0.6 is 11.8 Å². The number of amides is 1. The molecule has 148 valence electrons. The maximum Gasteiger partial charge on any atom is 0.277 e. The molecular weight excluding hydrogens is 400 g/mol. The summed E-state index contributed by atoms with van der Waals surface area (Å²) in [7, 11) is 0. The largest absolute Gasteiger partial charge is 0.411 e. The van der Waals surface area contributed by atoms with E-state index in [9.17, 15) is 9.59 Å². The van der Waals surface area contributed by atoms with Crippen LogP contribution in [0.4, 0.5) is 5.69 Å². The number of nitrogens with one attached hydrogen (secondary N) is 1. The van der Waals surface area contributed by atoms with Crippen molar-refractivity contribution in [1.82, 2.24) is 15.2 Å². The number of anilines is 1. The zero-order chi connectivity index (χ0) is 20.8. The summed E-state index contributed by atoms with van der Waals surface area (Å²) in [5.41, 5.74) is 2.20. The van der Waals surface area contributed by atoms with Crippen LogP contribution in [0.3, 0.4) is 0 Å². The Bertz CT molecular complexity index is 1160. The highest BCUT2D eigenvalue weighted by Gasteiger charge is 2.16. The number of carbonyl (C=O) groups is 2. The number of rotatable bonds is 7. The van der Waals surface area contributed by atoms with Gasteiger partial charge in [-0.2, -0.15) is 0 Å². The maximum absolute atomic E-state index is 12.8. The van der Waals surface area contributed by atoms with E-state index in [2.05, 4.69) is 20.5 Å². The van der Waals surface area contributed by atoms with E-state index in [1.54, 1.807) is 73.1 Å². The SMILES string of the molecule is O=C(CSc1nnc(-c2ccncc2)o1)Nc1ccccc1C(=O)c1ccccc1. The molecule has 0 saturated carbocycles. The number of nitrogens with zero attached hydrogens (tertiary/aromatic N) is 3. The fourth-order valence-electron chi connectivity index (χ4n) is 2.73. The Balaban J connectivity index is 1.41. The second-order valence-corrected chi connectivity index (χ2v) is 7.11. The van der Waals surface area contributed by atoms with Gasteiger partial charge in [0.2, 0.25) is 11.8 Å². The van der Waals surface area contributed by atoms with Gasteiger partial charge >= 0.3 is 0 Å². The minimum Gasteiger partial charge on any atom is -0.411 e. The van der Waals surface area contributed by atoms with E-state index in [1.165, 1.54) is 0 Å². The highest BCUT2D eigenvalue weighted by Crippen LogP contribution is 2.24. The molecular formula is C22H16N4O3S. The zero-order valence-electron chi connectivity index (χ0n) is 15.7. The van der Waals surface area contributed by atoms with Crippen LogP contribution in [0.5, 0.6) is 0 Å². The van der Waals surface area contributed by atoms with Crippen molar-refractivity contribution in [3.05, 3.63) is 90.3 Å². The zero-order valence-corrected chi connectivity index (χ0v) is 16.5. The standard InChI is InChI=1S/C22H16N4O3S/c27-19(14-30-22-26-25-21(29-22)16-10-12-23-13-11-16)24-18-9-5-4-8-17(18)20(28)15-6-2-1-3-7-15/h1-13H,14H2,(H,24,27). The topological polar surface area (TPSA) is 98.0 Å². The summed E-state index contributed by atoms with van der Waals surface area (Å²) in [4.78, 5) is 29.1. The lowest BCUT2D eigenvalue weighted by atomic mass is 10.0. The van der Waals surface area contributed by atoms with Gasteiger partial charge in [0.15, 0.2) is 5.78 Å².